The number of hydrogen-bond donors (Lipinski definition) is 1. The van der Waals surface area contributed by atoms with Crippen LogP contribution in [-0.4, -0.2) is 19.4 Å². The van der Waals surface area contributed by atoms with Crippen LogP contribution in [0.5, 0.6) is 17.2 Å². The van der Waals surface area contributed by atoms with Crippen molar-refractivity contribution in [2.75, 3.05) is 13.4 Å². The van der Waals surface area contributed by atoms with E-state index in [9.17, 15) is 0 Å². The zero-order valence-corrected chi connectivity index (χ0v) is 10.2. The van der Waals surface area contributed by atoms with Gasteiger partial charge in [-0.3, -0.25) is 0 Å². The fraction of sp³-hybridized carbons (Fsp3) is 0.538. The van der Waals surface area contributed by atoms with E-state index in [0.29, 0.717) is 18.9 Å². The summed E-state index contributed by atoms with van der Waals surface area (Å²) in [5, 5.41) is 3.55. The Balaban J connectivity index is 1.96. The number of ether oxygens (including phenoxy) is 3. The van der Waals surface area contributed by atoms with Crippen LogP contribution in [-0.2, 0) is 0 Å². The summed E-state index contributed by atoms with van der Waals surface area (Å²) < 4.78 is 16.5. The van der Waals surface area contributed by atoms with Gasteiger partial charge in [0.15, 0.2) is 11.5 Å². The highest BCUT2D eigenvalue weighted by Gasteiger charge is 2.26. The van der Waals surface area contributed by atoms with Crippen molar-refractivity contribution < 1.29 is 14.2 Å². The molecule has 1 unspecified atom stereocenters. The lowest BCUT2D eigenvalue weighted by Crippen LogP contribution is -2.31. The minimum Gasteiger partial charge on any atom is -0.493 e. The van der Waals surface area contributed by atoms with E-state index >= 15 is 0 Å². The van der Waals surface area contributed by atoms with E-state index in [1.54, 1.807) is 0 Å². The van der Waals surface area contributed by atoms with Gasteiger partial charge in [0.25, 0.3) is 0 Å². The van der Waals surface area contributed by atoms with Crippen LogP contribution in [0.4, 0.5) is 0 Å². The molecule has 2 aliphatic heterocycles. The molecule has 1 aromatic rings. The molecule has 2 heterocycles. The van der Waals surface area contributed by atoms with Gasteiger partial charge in [0.2, 0.25) is 6.79 Å². The maximum Gasteiger partial charge on any atom is 0.231 e. The summed E-state index contributed by atoms with van der Waals surface area (Å²) in [6.07, 6.45) is 0.991. The van der Waals surface area contributed by atoms with Gasteiger partial charge in [0, 0.05) is 30.1 Å². The SMILES string of the molecule is CC(C)NC1CCOc2cc3c(cc21)OCO3. The molecule has 0 amide bonds. The summed E-state index contributed by atoms with van der Waals surface area (Å²) >= 11 is 0. The molecule has 4 nitrogen and oxygen atoms in total. The molecule has 4 heteroatoms. The second-order valence-electron chi connectivity index (χ2n) is 4.75. The first kappa shape index (κ1) is 10.7. The lowest BCUT2D eigenvalue weighted by molar-refractivity contribution is 0.174. The molecule has 0 aromatic heterocycles. The Morgan fingerprint density at radius 1 is 1.12 bits per heavy atom. The van der Waals surface area contributed by atoms with Gasteiger partial charge in [-0.05, 0) is 6.07 Å². The van der Waals surface area contributed by atoms with E-state index in [2.05, 4.69) is 19.2 Å². The van der Waals surface area contributed by atoms with E-state index < -0.39 is 0 Å². The molecule has 2 aliphatic rings. The molecule has 1 atom stereocenters. The molecule has 17 heavy (non-hydrogen) atoms. The molecular weight excluding hydrogens is 218 g/mol. The van der Waals surface area contributed by atoms with E-state index in [-0.39, 0.29) is 0 Å². The molecule has 0 radical (unpaired) electrons. The standard InChI is InChI=1S/C13H17NO3/c1-8(2)14-10-3-4-15-11-6-13-12(5-9(10)11)16-7-17-13/h5-6,8,10,14H,3-4,7H2,1-2H3. The lowest BCUT2D eigenvalue weighted by atomic mass is 9.99. The number of hydrogen-bond acceptors (Lipinski definition) is 4. The van der Waals surface area contributed by atoms with E-state index in [4.69, 9.17) is 14.2 Å². The van der Waals surface area contributed by atoms with Crippen LogP contribution in [0, 0.1) is 0 Å². The predicted molar refractivity (Wildman–Crippen MR) is 63.7 cm³/mol. The molecule has 0 aliphatic carbocycles. The number of benzene rings is 1. The van der Waals surface area contributed by atoms with Gasteiger partial charge < -0.3 is 19.5 Å². The normalized spacial score (nSPS) is 21.2. The molecule has 0 spiro atoms. The van der Waals surface area contributed by atoms with Crippen LogP contribution in [0.2, 0.25) is 0 Å². The first-order valence-corrected chi connectivity index (χ1v) is 6.06. The van der Waals surface area contributed by atoms with Crippen LogP contribution < -0.4 is 19.5 Å². The van der Waals surface area contributed by atoms with Crippen LogP contribution in [0.3, 0.4) is 0 Å². The lowest BCUT2D eigenvalue weighted by Gasteiger charge is -2.28. The highest BCUT2D eigenvalue weighted by molar-refractivity contribution is 5.53. The van der Waals surface area contributed by atoms with Crippen LogP contribution in [0.15, 0.2) is 12.1 Å². The van der Waals surface area contributed by atoms with Crippen molar-refractivity contribution >= 4 is 0 Å². The monoisotopic (exact) mass is 235 g/mol. The van der Waals surface area contributed by atoms with Crippen molar-refractivity contribution in [2.45, 2.75) is 32.4 Å². The predicted octanol–water partition coefficient (Wildman–Crippen LogP) is 2.24. The van der Waals surface area contributed by atoms with Crippen LogP contribution in [0.25, 0.3) is 0 Å². The summed E-state index contributed by atoms with van der Waals surface area (Å²) in [7, 11) is 0. The summed E-state index contributed by atoms with van der Waals surface area (Å²) in [6, 6.07) is 4.77. The van der Waals surface area contributed by atoms with Crippen molar-refractivity contribution in [1.29, 1.82) is 0 Å². The van der Waals surface area contributed by atoms with Crippen molar-refractivity contribution in [3.63, 3.8) is 0 Å². The Morgan fingerprint density at radius 2 is 1.88 bits per heavy atom. The third-order valence-corrected chi connectivity index (χ3v) is 3.08. The summed E-state index contributed by atoms with van der Waals surface area (Å²) in [4.78, 5) is 0. The maximum atomic E-state index is 5.68. The summed E-state index contributed by atoms with van der Waals surface area (Å²) in [5.74, 6) is 2.53. The van der Waals surface area contributed by atoms with Crippen LogP contribution >= 0.6 is 0 Å². The molecule has 92 valence electrons. The van der Waals surface area contributed by atoms with Gasteiger partial charge in [-0.25, -0.2) is 0 Å². The first-order valence-electron chi connectivity index (χ1n) is 6.06. The second kappa shape index (κ2) is 4.11. The number of fused-ring (bicyclic) bond motifs is 2. The minimum absolute atomic E-state index is 0.306. The second-order valence-corrected chi connectivity index (χ2v) is 4.75. The van der Waals surface area contributed by atoms with Gasteiger partial charge >= 0.3 is 0 Å². The molecule has 0 saturated carbocycles. The number of rotatable bonds is 2. The zero-order valence-electron chi connectivity index (χ0n) is 10.2. The van der Waals surface area contributed by atoms with Crippen molar-refractivity contribution in [1.82, 2.24) is 5.32 Å². The fourth-order valence-electron chi connectivity index (χ4n) is 2.35. The molecule has 1 aromatic carbocycles. The maximum absolute atomic E-state index is 5.68. The van der Waals surface area contributed by atoms with Gasteiger partial charge in [-0.1, -0.05) is 13.8 Å². The summed E-state index contributed by atoms with van der Waals surface area (Å²) in [6.45, 7) is 5.36. The minimum atomic E-state index is 0.306. The zero-order chi connectivity index (χ0) is 11.8. The Hall–Kier alpha value is -1.42. The Bertz CT molecular complexity index is 431. The van der Waals surface area contributed by atoms with Crippen molar-refractivity contribution in [3.8, 4) is 17.2 Å². The average Bonchev–Trinajstić information content (AvgIpc) is 2.73. The molecule has 0 fully saturated rings. The van der Waals surface area contributed by atoms with Gasteiger partial charge in [-0.15, -0.1) is 0 Å². The molecule has 0 saturated heterocycles. The van der Waals surface area contributed by atoms with Crippen LogP contribution in [0.1, 0.15) is 31.9 Å². The Morgan fingerprint density at radius 3 is 2.65 bits per heavy atom. The van der Waals surface area contributed by atoms with Gasteiger partial charge in [0.05, 0.1) is 6.61 Å². The third kappa shape index (κ3) is 1.93. The molecular formula is C13H17NO3. The molecule has 0 bridgehead atoms. The first-order chi connectivity index (χ1) is 8.24. The smallest absolute Gasteiger partial charge is 0.231 e. The average molecular weight is 235 g/mol. The van der Waals surface area contributed by atoms with E-state index in [1.165, 1.54) is 5.56 Å². The fourth-order valence-corrected chi connectivity index (χ4v) is 2.35. The quantitative estimate of drug-likeness (QED) is 0.853. The van der Waals surface area contributed by atoms with E-state index in [0.717, 1.165) is 30.3 Å². The topological polar surface area (TPSA) is 39.7 Å². The Labute approximate surface area is 101 Å². The largest absolute Gasteiger partial charge is 0.493 e. The highest BCUT2D eigenvalue weighted by Crippen LogP contribution is 2.42. The highest BCUT2D eigenvalue weighted by atomic mass is 16.7. The van der Waals surface area contributed by atoms with Gasteiger partial charge in [0.1, 0.15) is 5.75 Å². The number of nitrogens with one attached hydrogen (secondary N) is 1. The Kier molecular flexibility index (Phi) is 2.59. The third-order valence-electron chi connectivity index (χ3n) is 3.08. The molecule has 3 rings (SSSR count). The van der Waals surface area contributed by atoms with Crippen molar-refractivity contribution in [3.05, 3.63) is 17.7 Å². The van der Waals surface area contributed by atoms with Crippen molar-refractivity contribution in [2.24, 2.45) is 0 Å². The van der Waals surface area contributed by atoms with Gasteiger partial charge in [-0.2, -0.15) is 0 Å². The molecule has 1 N–H and O–H groups in total. The summed E-state index contributed by atoms with van der Waals surface area (Å²) in [5.41, 5.74) is 1.18. The van der Waals surface area contributed by atoms with E-state index in [1.807, 2.05) is 12.1 Å².